The Hall–Kier alpha value is -3.65. The monoisotopic (exact) mass is 705 g/mol. The number of aliphatic hydroxyl groups excluding tert-OH is 2. The van der Waals surface area contributed by atoms with Crippen molar-refractivity contribution in [2.24, 2.45) is 29.1 Å². The summed E-state index contributed by atoms with van der Waals surface area (Å²) < 4.78 is 6.01. The molecule has 3 amide bonds. The van der Waals surface area contributed by atoms with Gasteiger partial charge in [0.25, 0.3) is 5.91 Å². The molecule has 0 spiro atoms. The predicted molar refractivity (Wildman–Crippen MR) is 199 cm³/mol. The van der Waals surface area contributed by atoms with Gasteiger partial charge in [-0.1, -0.05) is 39.0 Å². The molecule has 2 aromatic rings. The smallest absolute Gasteiger partial charge is 0.251 e. The van der Waals surface area contributed by atoms with Crippen LogP contribution in [0.1, 0.15) is 56.5 Å². The van der Waals surface area contributed by atoms with Crippen molar-refractivity contribution in [3.05, 3.63) is 47.5 Å². The van der Waals surface area contributed by atoms with Crippen molar-refractivity contribution in [3.63, 3.8) is 0 Å². The zero-order valence-electron chi connectivity index (χ0n) is 31.4. The summed E-state index contributed by atoms with van der Waals surface area (Å²) in [5, 5.41) is 31.8. The Morgan fingerprint density at radius 3 is 2.47 bits per heavy atom. The van der Waals surface area contributed by atoms with E-state index in [4.69, 9.17) is 9.57 Å². The number of methoxy groups -OCH3 is 1. The van der Waals surface area contributed by atoms with Crippen molar-refractivity contribution in [1.29, 1.82) is 0 Å². The van der Waals surface area contributed by atoms with Crippen molar-refractivity contribution in [2.75, 3.05) is 45.8 Å². The molecule has 2 aromatic carbocycles. The zero-order valence-corrected chi connectivity index (χ0v) is 31.4. The van der Waals surface area contributed by atoms with E-state index in [-0.39, 0.29) is 48.9 Å². The third-order valence-corrected chi connectivity index (χ3v) is 11.8. The van der Waals surface area contributed by atoms with Crippen LogP contribution in [0.2, 0.25) is 6.32 Å². The van der Waals surface area contributed by atoms with Gasteiger partial charge in [-0.05, 0) is 73.0 Å². The molecular weight excluding hydrogens is 649 g/mol. The first-order valence-corrected chi connectivity index (χ1v) is 18.3. The summed E-state index contributed by atoms with van der Waals surface area (Å²) in [4.78, 5) is 47.2. The fourth-order valence-electron chi connectivity index (χ4n) is 8.59. The lowest BCUT2D eigenvalue weighted by Crippen LogP contribution is -2.62. The van der Waals surface area contributed by atoms with E-state index in [1.165, 1.54) is 6.42 Å². The summed E-state index contributed by atoms with van der Waals surface area (Å²) in [6.07, 6.45) is 0.820. The number of benzene rings is 2. The van der Waals surface area contributed by atoms with Gasteiger partial charge in [0, 0.05) is 61.5 Å². The van der Waals surface area contributed by atoms with Crippen molar-refractivity contribution in [2.45, 2.75) is 77.7 Å². The predicted octanol–water partition coefficient (Wildman–Crippen LogP) is 1.99. The van der Waals surface area contributed by atoms with Crippen LogP contribution in [-0.4, -0.2) is 106 Å². The molecule has 1 aliphatic heterocycles. The van der Waals surface area contributed by atoms with Gasteiger partial charge in [0.2, 0.25) is 11.8 Å². The number of nitrogens with zero attached hydrogens (tertiary/aromatic N) is 2. The summed E-state index contributed by atoms with van der Waals surface area (Å²) in [6.45, 7) is 8.93. The number of nitrogens with one attached hydrogen (secondary N) is 3. The first-order valence-electron chi connectivity index (χ1n) is 18.3. The first-order chi connectivity index (χ1) is 24.2. The van der Waals surface area contributed by atoms with E-state index in [9.17, 15) is 24.6 Å². The van der Waals surface area contributed by atoms with Crippen LogP contribution in [0.15, 0.2) is 36.4 Å². The minimum absolute atomic E-state index is 0.0299. The van der Waals surface area contributed by atoms with E-state index in [0.29, 0.717) is 41.9 Å². The molecule has 1 heterocycles. The molecule has 1 saturated heterocycles. The summed E-state index contributed by atoms with van der Waals surface area (Å²) in [7, 11) is 7.16. The van der Waals surface area contributed by atoms with Gasteiger partial charge in [0.15, 0.2) is 0 Å². The number of fused-ring (bicyclic) bond motifs is 2. The van der Waals surface area contributed by atoms with Crippen LogP contribution in [0.25, 0.3) is 11.1 Å². The number of amides is 3. The molecule has 4 aliphatic rings. The molecule has 13 heteroatoms. The highest BCUT2D eigenvalue weighted by atomic mass is 16.7. The Bertz CT molecular complexity index is 1590. The van der Waals surface area contributed by atoms with Crippen molar-refractivity contribution < 1.29 is 34.2 Å². The molecule has 3 saturated carbocycles. The average molecular weight is 706 g/mol. The van der Waals surface area contributed by atoms with E-state index in [1.807, 2.05) is 49.3 Å². The van der Waals surface area contributed by atoms with E-state index in [0.717, 1.165) is 28.8 Å². The van der Waals surface area contributed by atoms with E-state index in [2.05, 4.69) is 36.7 Å². The molecule has 0 aromatic heterocycles. The number of hydroxylamine groups is 2. The number of para-hydroxylation sites is 1. The Morgan fingerprint density at radius 1 is 1.14 bits per heavy atom. The van der Waals surface area contributed by atoms with Gasteiger partial charge in [-0.15, -0.1) is 0 Å². The maximum absolute atomic E-state index is 14.2. The molecule has 2 bridgehead atoms. The third kappa shape index (κ3) is 7.91. The van der Waals surface area contributed by atoms with Gasteiger partial charge in [0.05, 0.1) is 26.4 Å². The third-order valence-electron chi connectivity index (χ3n) is 11.8. The van der Waals surface area contributed by atoms with Gasteiger partial charge in [-0.3, -0.25) is 19.2 Å². The maximum Gasteiger partial charge on any atom is 0.251 e. The zero-order chi connectivity index (χ0) is 37.2. The van der Waals surface area contributed by atoms with E-state index >= 15 is 0 Å². The number of anilines is 1. The maximum atomic E-state index is 14.2. The van der Waals surface area contributed by atoms with Crippen LogP contribution in [0.5, 0.6) is 5.75 Å². The van der Waals surface area contributed by atoms with Gasteiger partial charge < -0.3 is 35.8 Å². The van der Waals surface area contributed by atoms with Crippen molar-refractivity contribution in [1.82, 2.24) is 21.0 Å². The topological polar surface area (TPSA) is 153 Å². The van der Waals surface area contributed by atoms with Gasteiger partial charge in [0.1, 0.15) is 25.7 Å². The number of rotatable bonds is 14. The van der Waals surface area contributed by atoms with Crippen molar-refractivity contribution >= 4 is 31.3 Å². The summed E-state index contributed by atoms with van der Waals surface area (Å²) in [5.41, 5.74) is 3.77. The molecule has 0 radical (unpaired) electrons. The number of hydrogen-bond acceptors (Lipinski definition) is 9. The second-order valence-corrected chi connectivity index (χ2v) is 15.4. The minimum atomic E-state index is -0.909. The number of carbonyl (C=O) groups is 3. The largest absolute Gasteiger partial charge is 0.496 e. The number of ether oxygens (including phenoxy) is 1. The SMILES string of the molecule is BCC(=O)NCCNC(=O)c1cc(-c2cccc(CN3O[C@@H](CO)[C@@H]([C@H](C)O)[C@H]3C(=O)N[C@H]3C[C@H]4C[C@@H]([C@@H]3C)C4(C)C)c2OC)cc(N(C)C)c1. The minimum Gasteiger partial charge on any atom is -0.496 e. The molecule has 6 rings (SSSR count). The van der Waals surface area contributed by atoms with Gasteiger partial charge in [-0.25, -0.2) is 0 Å². The molecule has 8 atom stereocenters. The lowest BCUT2D eigenvalue weighted by molar-refractivity contribution is -0.183. The lowest BCUT2D eigenvalue weighted by Gasteiger charge is -2.62. The first kappa shape index (κ1) is 38.6. The van der Waals surface area contributed by atoms with Crippen LogP contribution in [0, 0.1) is 29.1 Å². The second-order valence-electron chi connectivity index (χ2n) is 15.4. The molecule has 278 valence electrons. The van der Waals surface area contributed by atoms with Crippen molar-refractivity contribution in [3.8, 4) is 16.9 Å². The number of hydrogen-bond donors (Lipinski definition) is 5. The quantitative estimate of drug-likeness (QED) is 0.147. The fraction of sp³-hybridized carbons (Fsp3) is 0.605. The van der Waals surface area contributed by atoms with E-state index in [1.54, 1.807) is 33.0 Å². The fourth-order valence-corrected chi connectivity index (χ4v) is 8.59. The molecule has 12 nitrogen and oxygen atoms in total. The van der Waals surface area contributed by atoms with Crippen LogP contribution < -0.4 is 25.6 Å². The molecule has 51 heavy (non-hydrogen) atoms. The average Bonchev–Trinajstić information content (AvgIpc) is 3.48. The molecule has 3 aliphatic carbocycles. The molecular formula is C38H56BN5O7. The van der Waals surface area contributed by atoms with Crippen LogP contribution >= 0.6 is 0 Å². The highest BCUT2D eigenvalue weighted by Gasteiger charge is 2.57. The Labute approximate surface area is 303 Å². The Kier molecular flexibility index (Phi) is 12.1. The Morgan fingerprint density at radius 2 is 1.86 bits per heavy atom. The van der Waals surface area contributed by atoms with E-state index < -0.39 is 24.2 Å². The van der Waals surface area contributed by atoms with Gasteiger partial charge >= 0.3 is 0 Å². The van der Waals surface area contributed by atoms with Crippen LogP contribution in [-0.2, 0) is 21.0 Å². The molecule has 0 unspecified atom stereocenters. The van der Waals surface area contributed by atoms with Crippen LogP contribution in [0.4, 0.5) is 5.69 Å². The van der Waals surface area contributed by atoms with Crippen LogP contribution in [0.3, 0.4) is 0 Å². The highest BCUT2D eigenvalue weighted by molar-refractivity contribution is 6.19. The lowest BCUT2D eigenvalue weighted by atomic mass is 9.45. The summed E-state index contributed by atoms with van der Waals surface area (Å²) in [6, 6.07) is 10.5. The van der Waals surface area contributed by atoms with Gasteiger partial charge in [-0.2, -0.15) is 5.06 Å². The number of aliphatic hydroxyl groups is 2. The molecule has 4 fully saturated rings. The Balaban J connectivity index is 1.41. The summed E-state index contributed by atoms with van der Waals surface area (Å²) >= 11 is 0. The molecule has 5 N–H and O–H groups in total. The second kappa shape index (κ2) is 15.9. The summed E-state index contributed by atoms with van der Waals surface area (Å²) in [5.74, 6) is 0.776. The number of carbonyl (C=O) groups excluding carboxylic acids is 3. The standard InChI is InChI=1S/C38H56BN5O7/c1-21-29-16-26(38(29,3)4)17-30(21)42-37(49)34-33(22(2)46)31(20-45)51-44(34)19-23-9-8-10-28(35(23)50-7)24-13-25(15-27(14-24)43(5)6)36(48)41-12-11-40-32(47)18-39/h8-10,13-15,21-22,26,29-31,33-34,45-46H,11-12,16-20,39H2,1-7H3,(H,40,47)(H,41,48)(H,42,49)/t21-,22-,26+,29-,30-,31-,33+,34-/m0/s1. The highest BCUT2D eigenvalue weighted by Crippen LogP contribution is 2.61. The normalized spacial score (nSPS) is 27.2.